The Kier molecular flexibility index (Phi) is 3.76. The molecular formula is C10H10F3NO2. The summed E-state index contributed by atoms with van der Waals surface area (Å²) in [5.41, 5.74) is 0.0443. The Balaban J connectivity index is 0.000000187. The number of hydrogen-bond donors (Lipinski definition) is 2. The molecule has 88 valence electrons. The van der Waals surface area contributed by atoms with Gasteiger partial charge in [0.2, 0.25) is 0 Å². The van der Waals surface area contributed by atoms with Crippen LogP contribution in [-0.2, 0) is 4.79 Å². The second-order valence-corrected chi connectivity index (χ2v) is 3.18. The second-order valence-electron chi connectivity index (χ2n) is 3.18. The lowest BCUT2D eigenvalue weighted by Gasteiger charge is -2.19. The van der Waals surface area contributed by atoms with Crippen molar-refractivity contribution < 1.29 is 23.1 Å². The SMILES string of the molecule is CCCC(=O)O.Fc1c2cc(c(F)c1F)N2. The molecule has 3 rings (SSSR count). The molecular weight excluding hydrogens is 223 g/mol. The number of benzene rings is 1. The summed E-state index contributed by atoms with van der Waals surface area (Å²) >= 11 is 0. The average Bonchev–Trinajstić information content (AvgIpc) is 2.12. The lowest BCUT2D eigenvalue weighted by Crippen LogP contribution is -2.10. The highest BCUT2D eigenvalue weighted by Crippen LogP contribution is 2.36. The van der Waals surface area contributed by atoms with Crippen LogP contribution in [0.4, 0.5) is 24.5 Å². The Morgan fingerprint density at radius 1 is 1.25 bits per heavy atom. The van der Waals surface area contributed by atoms with Gasteiger partial charge in [-0.25, -0.2) is 13.2 Å². The fraction of sp³-hybridized carbons (Fsp3) is 0.300. The van der Waals surface area contributed by atoms with Gasteiger partial charge in [0.15, 0.2) is 17.5 Å². The Labute approximate surface area is 89.9 Å². The van der Waals surface area contributed by atoms with Gasteiger partial charge in [0, 0.05) is 6.42 Å². The molecule has 0 aliphatic carbocycles. The quantitative estimate of drug-likeness (QED) is 0.784. The second kappa shape index (κ2) is 4.87. The number of carbonyl (C=O) groups is 1. The molecule has 3 nitrogen and oxygen atoms in total. The van der Waals surface area contributed by atoms with Gasteiger partial charge in [-0.05, 0) is 12.5 Å². The van der Waals surface area contributed by atoms with Gasteiger partial charge in [-0.3, -0.25) is 4.79 Å². The molecule has 0 saturated heterocycles. The number of nitrogens with one attached hydrogen (secondary N) is 1. The summed E-state index contributed by atoms with van der Waals surface area (Å²) < 4.78 is 37.0. The summed E-state index contributed by atoms with van der Waals surface area (Å²) in [6.45, 7) is 1.84. The van der Waals surface area contributed by atoms with Crippen molar-refractivity contribution in [1.82, 2.24) is 0 Å². The molecule has 0 unspecified atom stereocenters. The van der Waals surface area contributed by atoms with Crippen LogP contribution in [0, 0.1) is 17.5 Å². The van der Waals surface area contributed by atoms with Gasteiger partial charge in [0.1, 0.15) is 0 Å². The first-order valence-corrected chi connectivity index (χ1v) is 4.63. The van der Waals surface area contributed by atoms with E-state index < -0.39 is 23.4 Å². The first kappa shape index (κ1) is 12.4. The van der Waals surface area contributed by atoms with Gasteiger partial charge >= 0.3 is 5.97 Å². The Hall–Kier alpha value is -1.72. The predicted octanol–water partition coefficient (Wildman–Crippen LogP) is 3.03. The molecule has 0 saturated carbocycles. The lowest BCUT2D eigenvalue weighted by molar-refractivity contribution is -0.137. The van der Waals surface area contributed by atoms with E-state index in [0.29, 0.717) is 6.42 Å². The highest BCUT2D eigenvalue weighted by molar-refractivity contribution is 5.75. The van der Waals surface area contributed by atoms with Crippen molar-refractivity contribution in [2.24, 2.45) is 0 Å². The van der Waals surface area contributed by atoms with Crippen LogP contribution in [0.15, 0.2) is 6.07 Å². The number of anilines is 2. The molecule has 0 radical (unpaired) electrons. The van der Waals surface area contributed by atoms with E-state index >= 15 is 0 Å². The number of aliphatic carboxylic acids is 1. The molecule has 2 heterocycles. The van der Waals surface area contributed by atoms with Gasteiger partial charge < -0.3 is 10.4 Å². The highest BCUT2D eigenvalue weighted by atomic mass is 19.2. The Bertz CT molecular complexity index is 389. The van der Waals surface area contributed by atoms with Gasteiger partial charge in [0.25, 0.3) is 0 Å². The van der Waals surface area contributed by atoms with Crippen LogP contribution in [0.5, 0.6) is 0 Å². The summed E-state index contributed by atoms with van der Waals surface area (Å²) in [6, 6.07) is 1.22. The minimum atomic E-state index is -1.40. The van der Waals surface area contributed by atoms with Crippen LogP contribution in [0.3, 0.4) is 0 Å². The monoisotopic (exact) mass is 233 g/mol. The predicted molar refractivity (Wildman–Crippen MR) is 52.1 cm³/mol. The van der Waals surface area contributed by atoms with Crippen LogP contribution < -0.4 is 5.32 Å². The molecule has 1 aromatic carbocycles. The molecule has 16 heavy (non-hydrogen) atoms. The van der Waals surface area contributed by atoms with E-state index in [9.17, 15) is 18.0 Å². The van der Waals surface area contributed by atoms with E-state index in [-0.39, 0.29) is 11.4 Å². The number of carboxylic acid groups (broad SMARTS) is 1. The molecule has 6 heteroatoms. The molecule has 2 N–H and O–H groups in total. The van der Waals surface area contributed by atoms with Crippen molar-refractivity contribution in [3.63, 3.8) is 0 Å². The fourth-order valence-electron chi connectivity index (χ4n) is 1.07. The first-order valence-electron chi connectivity index (χ1n) is 4.63. The average molecular weight is 233 g/mol. The number of fused-ring (bicyclic) bond motifs is 2. The summed E-state index contributed by atoms with van der Waals surface area (Å²) in [6.07, 6.45) is 1.02. The molecule has 0 aromatic heterocycles. The zero-order valence-corrected chi connectivity index (χ0v) is 8.48. The summed E-state index contributed by atoms with van der Waals surface area (Å²) in [5.74, 6) is -4.40. The van der Waals surface area contributed by atoms with Crippen molar-refractivity contribution in [3.8, 4) is 0 Å². The number of hydrogen-bond acceptors (Lipinski definition) is 2. The van der Waals surface area contributed by atoms with E-state index in [1.165, 1.54) is 6.07 Å². The molecule has 0 amide bonds. The molecule has 0 spiro atoms. The minimum Gasteiger partial charge on any atom is -0.481 e. The third kappa shape index (κ3) is 2.44. The number of carboxylic acids is 1. The molecule has 0 fully saturated rings. The van der Waals surface area contributed by atoms with Crippen LogP contribution in [0.1, 0.15) is 19.8 Å². The largest absolute Gasteiger partial charge is 0.481 e. The number of rotatable bonds is 2. The van der Waals surface area contributed by atoms with E-state index in [1.54, 1.807) is 0 Å². The van der Waals surface area contributed by atoms with Crippen molar-refractivity contribution in [3.05, 3.63) is 23.5 Å². The smallest absolute Gasteiger partial charge is 0.303 e. The normalized spacial score (nSPS) is 10.8. The molecule has 2 aliphatic heterocycles. The van der Waals surface area contributed by atoms with Crippen LogP contribution in [0.2, 0.25) is 0 Å². The fourth-order valence-corrected chi connectivity index (χ4v) is 1.07. The standard InChI is InChI=1S/C6H2F3N.C4H8O2/c7-4-2-1-3(10-2)5(8)6(4)9;1-2-3-4(5)6/h1,10H;2-3H2,1H3,(H,5,6). The van der Waals surface area contributed by atoms with Crippen LogP contribution in [0.25, 0.3) is 0 Å². The maximum atomic E-state index is 12.4. The summed E-state index contributed by atoms with van der Waals surface area (Å²) in [5, 5.41) is 10.2. The first-order chi connectivity index (χ1) is 7.47. The van der Waals surface area contributed by atoms with E-state index in [2.05, 4.69) is 5.32 Å². The van der Waals surface area contributed by atoms with Gasteiger partial charge in [-0.2, -0.15) is 0 Å². The lowest BCUT2D eigenvalue weighted by atomic mass is 10.1. The highest BCUT2D eigenvalue weighted by Gasteiger charge is 2.25. The van der Waals surface area contributed by atoms with Gasteiger partial charge in [-0.15, -0.1) is 0 Å². The van der Waals surface area contributed by atoms with E-state index in [1.807, 2.05) is 6.92 Å². The Morgan fingerprint density at radius 3 is 1.88 bits per heavy atom. The molecule has 2 aliphatic rings. The third-order valence-corrected chi connectivity index (χ3v) is 1.88. The van der Waals surface area contributed by atoms with Crippen molar-refractivity contribution in [2.45, 2.75) is 19.8 Å². The Morgan fingerprint density at radius 2 is 1.69 bits per heavy atom. The molecule has 0 atom stereocenters. The third-order valence-electron chi connectivity index (χ3n) is 1.88. The topological polar surface area (TPSA) is 49.3 Å². The van der Waals surface area contributed by atoms with Crippen LogP contribution >= 0.6 is 0 Å². The van der Waals surface area contributed by atoms with Crippen LogP contribution in [-0.4, -0.2) is 11.1 Å². The maximum Gasteiger partial charge on any atom is 0.303 e. The van der Waals surface area contributed by atoms with Gasteiger partial charge in [0.05, 0.1) is 11.4 Å². The van der Waals surface area contributed by atoms with Crippen molar-refractivity contribution in [1.29, 1.82) is 0 Å². The number of halogens is 3. The van der Waals surface area contributed by atoms with Crippen molar-refractivity contribution >= 4 is 17.3 Å². The summed E-state index contributed by atoms with van der Waals surface area (Å²) in [4.78, 5) is 9.60. The van der Waals surface area contributed by atoms with Crippen molar-refractivity contribution in [2.75, 3.05) is 5.32 Å². The van der Waals surface area contributed by atoms with E-state index in [4.69, 9.17) is 5.11 Å². The summed E-state index contributed by atoms with van der Waals surface area (Å²) in [7, 11) is 0. The van der Waals surface area contributed by atoms with Gasteiger partial charge in [-0.1, -0.05) is 6.92 Å². The minimum absolute atomic E-state index is 0.0221. The zero-order valence-electron chi connectivity index (χ0n) is 8.48. The molecule has 2 bridgehead atoms. The molecule has 1 aromatic rings. The zero-order chi connectivity index (χ0) is 12.3. The maximum absolute atomic E-state index is 12.4. The van der Waals surface area contributed by atoms with E-state index in [0.717, 1.165) is 6.42 Å².